The fourth-order valence-electron chi connectivity index (χ4n) is 2.85. The summed E-state index contributed by atoms with van der Waals surface area (Å²) in [7, 11) is 0. The maximum atomic E-state index is 6.42. The Kier molecular flexibility index (Phi) is 4.54. The van der Waals surface area contributed by atoms with Crippen molar-refractivity contribution in [1.82, 2.24) is 0 Å². The van der Waals surface area contributed by atoms with Crippen molar-refractivity contribution in [1.29, 1.82) is 0 Å². The predicted molar refractivity (Wildman–Crippen MR) is 76.2 cm³/mol. The van der Waals surface area contributed by atoms with E-state index < -0.39 is 0 Å². The van der Waals surface area contributed by atoms with Crippen molar-refractivity contribution in [2.45, 2.75) is 44.2 Å². The topological polar surface area (TPSA) is 35.2 Å². The molecular formula is C14H19Cl2NO. The van der Waals surface area contributed by atoms with Gasteiger partial charge >= 0.3 is 0 Å². The third-order valence-electron chi connectivity index (χ3n) is 3.77. The SMILES string of the molecule is CCOC1(C(N)c2cccc(Cl)c2Cl)CCCC1. The molecule has 2 N–H and O–H groups in total. The minimum atomic E-state index is -0.275. The van der Waals surface area contributed by atoms with Gasteiger partial charge < -0.3 is 10.5 Å². The molecule has 0 bridgehead atoms. The Morgan fingerprint density at radius 3 is 2.61 bits per heavy atom. The van der Waals surface area contributed by atoms with Crippen LogP contribution in [-0.4, -0.2) is 12.2 Å². The Balaban J connectivity index is 2.33. The number of ether oxygens (including phenoxy) is 1. The molecule has 4 heteroatoms. The summed E-state index contributed by atoms with van der Waals surface area (Å²) in [6.07, 6.45) is 4.30. The van der Waals surface area contributed by atoms with Gasteiger partial charge in [0.25, 0.3) is 0 Å². The molecule has 1 aliphatic rings. The molecule has 100 valence electrons. The normalized spacial score (nSPS) is 20.0. The zero-order valence-corrected chi connectivity index (χ0v) is 12.1. The molecule has 1 aromatic rings. The quantitative estimate of drug-likeness (QED) is 0.894. The average Bonchev–Trinajstić information content (AvgIpc) is 2.82. The van der Waals surface area contributed by atoms with Crippen LogP contribution in [0.1, 0.15) is 44.2 Å². The maximum absolute atomic E-state index is 6.42. The van der Waals surface area contributed by atoms with Crippen LogP contribution in [0.25, 0.3) is 0 Å². The first kappa shape index (κ1) is 14.1. The standard InChI is InChI=1S/C14H19Cl2NO/c1-2-18-14(8-3-4-9-14)13(17)10-6-5-7-11(15)12(10)16/h5-7,13H,2-4,8-9,17H2,1H3. The fraction of sp³-hybridized carbons (Fsp3) is 0.571. The smallest absolute Gasteiger partial charge is 0.0874 e. The van der Waals surface area contributed by atoms with Crippen molar-refractivity contribution in [3.05, 3.63) is 33.8 Å². The van der Waals surface area contributed by atoms with Crippen LogP contribution in [-0.2, 0) is 4.74 Å². The van der Waals surface area contributed by atoms with Crippen LogP contribution < -0.4 is 5.73 Å². The molecule has 1 aromatic carbocycles. The lowest BCUT2D eigenvalue weighted by molar-refractivity contribution is -0.0536. The summed E-state index contributed by atoms with van der Waals surface area (Å²) >= 11 is 12.3. The summed E-state index contributed by atoms with van der Waals surface area (Å²) < 4.78 is 5.97. The van der Waals surface area contributed by atoms with E-state index in [1.165, 1.54) is 0 Å². The fourth-order valence-corrected chi connectivity index (χ4v) is 3.28. The maximum Gasteiger partial charge on any atom is 0.0874 e. The number of hydrogen-bond acceptors (Lipinski definition) is 2. The second kappa shape index (κ2) is 5.79. The molecule has 18 heavy (non-hydrogen) atoms. The van der Waals surface area contributed by atoms with E-state index in [1.807, 2.05) is 19.1 Å². The van der Waals surface area contributed by atoms with Gasteiger partial charge in [-0.05, 0) is 31.4 Å². The van der Waals surface area contributed by atoms with Gasteiger partial charge in [-0.25, -0.2) is 0 Å². The first-order valence-electron chi connectivity index (χ1n) is 6.44. The number of benzene rings is 1. The zero-order valence-electron chi connectivity index (χ0n) is 10.6. The van der Waals surface area contributed by atoms with Crippen LogP contribution in [0.15, 0.2) is 18.2 Å². The highest BCUT2D eigenvalue weighted by Gasteiger charge is 2.41. The molecule has 2 rings (SSSR count). The van der Waals surface area contributed by atoms with Gasteiger partial charge in [-0.3, -0.25) is 0 Å². The lowest BCUT2D eigenvalue weighted by Crippen LogP contribution is -2.41. The van der Waals surface area contributed by atoms with Crippen LogP contribution in [0.2, 0.25) is 10.0 Å². The van der Waals surface area contributed by atoms with E-state index in [2.05, 4.69) is 0 Å². The second-order valence-corrected chi connectivity index (χ2v) is 5.61. The lowest BCUT2D eigenvalue weighted by atomic mass is 9.87. The summed E-state index contributed by atoms with van der Waals surface area (Å²) in [6, 6.07) is 5.39. The van der Waals surface area contributed by atoms with E-state index in [0.717, 1.165) is 31.2 Å². The highest BCUT2D eigenvalue weighted by molar-refractivity contribution is 6.42. The Labute approximate surface area is 118 Å². The summed E-state index contributed by atoms with van der Waals surface area (Å²) in [5.41, 5.74) is 7.04. The first-order chi connectivity index (χ1) is 8.60. The predicted octanol–water partition coefficient (Wildman–Crippen LogP) is 4.34. The molecule has 0 amide bonds. The van der Waals surface area contributed by atoms with Gasteiger partial charge in [-0.15, -0.1) is 0 Å². The molecule has 0 aliphatic heterocycles. The molecule has 1 atom stereocenters. The molecule has 0 radical (unpaired) electrons. The van der Waals surface area contributed by atoms with Gasteiger partial charge in [0.15, 0.2) is 0 Å². The third-order valence-corrected chi connectivity index (χ3v) is 4.60. The Hall–Kier alpha value is -0.280. The van der Waals surface area contributed by atoms with Crippen molar-refractivity contribution in [3.8, 4) is 0 Å². The average molecular weight is 288 g/mol. The number of nitrogens with two attached hydrogens (primary N) is 1. The molecule has 0 heterocycles. The van der Waals surface area contributed by atoms with Crippen molar-refractivity contribution in [2.24, 2.45) is 5.73 Å². The second-order valence-electron chi connectivity index (χ2n) is 4.83. The highest BCUT2D eigenvalue weighted by atomic mass is 35.5. The molecular weight excluding hydrogens is 269 g/mol. The van der Waals surface area contributed by atoms with E-state index in [1.54, 1.807) is 6.07 Å². The summed E-state index contributed by atoms with van der Waals surface area (Å²) in [6.45, 7) is 2.68. The van der Waals surface area contributed by atoms with E-state index in [-0.39, 0.29) is 11.6 Å². The number of rotatable bonds is 4. The molecule has 2 nitrogen and oxygen atoms in total. The van der Waals surface area contributed by atoms with Crippen LogP contribution in [0, 0.1) is 0 Å². The number of hydrogen-bond donors (Lipinski definition) is 1. The van der Waals surface area contributed by atoms with Crippen molar-refractivity contribution >= 4 is 23.2 Å². The Bertz CT molecular complexity index is 416. The number of halogens is 2. The van der Waals surface area contributed by atoms with E-state index in [9.17, 15) is 0 Å². The van der Waals surface area contributed by atoms with Gasteiger partial charge in [0.2, 0.25) is 0 Å². The van der Waals surface area contributed by atoms with Crippen LogP contribution in [0.3, 0.4) is 0 Å². The third kappa shape index (κ3) is 2.53. The molecule has 1 aliphatic carbocycles. The monoisotopic (exact) mass is 287 g/mol. The summed E-state index contributed by atoms with van der Waals surface area (Å²) in [5.74, 6) is 0. The molecule has 0 aromatic heterocycles. The minimum Gasteiger partial charge on any atom is -0.373 e. The lowest BCUT2D eigenvalue weighted by Gasteiger charge is -2.35. The first-order valence-corrected chi connectivity index (χ1v) is 7.20. The van der Waals surface area contributed by atoms with Gasteiger partial charge in [0.05, 0.1) is 21.7 Å². The summed E-state index contributed by atoms with van der Waals surface area (Å²) in [4.78, 5) is 0. The van der Waals surface area contributed by atoms with Gasteiger partial charge in [0.1, 0.15) is 0 Å². The minimum absolute atomic E-state index is 0.217. The molecule has 1 fully saturated rings. The Morgan fingerprint density at radius 1 is 1.33 bits per heavy atom. The largest absolute Gasteiger partial charge is 0.373 e. The van der Waals surface area contributed by atoms with E-state index in [0.29, 0.717) is 16.7 Å². The van der Waals surface area contributed by atoms with Crippen molar-refractivity contribution < 1.29 is 4.74 Å². The van der Waals surface area contributed by atoms with E-state index >= 15 is 0 Å². The van der Waals surface area contributed by atoms with Crippen LogP contribution >= 0.6 is 23.2 Å². The molecule has 0 spiro atoms. The van der Waals surface area contributed by atoms with Crippen LogP contribution in [0.5, 0.6) is 0 Å². The van der Waals surface area contributed by atoms with Crippen molar-refractivity contribution in [2.75, 3.05) is 6.61 Å². The Morgan fingerprint density at radius 2 is 2.00 bits per heavy atom. The van der Waals surface area contributed by atoms with Crippen molar-refractivity contribution in [3.63, 3.8) is 0 Å². The molecule has 0 saturated heterocycles. The van der Waals surface area contributed by atoms with E-state index in [4.69, 9.17) is 33.7 Å². The van der Waals surface area contributed by atoms with Gasteiger partial charge in [0, 0.05) is 6.61 Å². The van der Waals surface area contributed by atoms with Gasteiger partial charge in [-0.1, -0.05) is 48.2 Å². The summed E-state index contributed by atoms with van der Waals surface area (Å²) in [5, 5.41) is 1.10. The van der Waals surface area contributed by atoms with Crippen LogP contribution in [0.4, 0.5) is 0 Å². The van der Waals surface area contributed by atoms with Gasteiger partial charge in [-0.2, -0.15) is 0 Å². The zero-order chi connectivity index (χ0) is 13.2. The highest BCUT2D eigenvalue weighted by Crippen LogP contribution is 2.44. The molecule has 1 saturated carbocycles. The molecule has 1 unspecified atom stereocenters.